The molecule has 0 aliphatic heterocycles. The van der Waals surface area contributed by atoms with Crippen LogP contribution in [0.3, 0.4) is 0 Å². The van der Waals surface area contributed by atoms with Gasteiger partial charge < -0.3 is 10.1 Å². The highest BCUT2D eigenvalue weighted by Crippen LogP contribution is 2.16. The van der Waals surface area contributed by atoms with E-state index in [9.17, 15) is 13.2 Å². The Morgan fingerprint density at radius 2 is 1.96 bits per heavy atom. The Bertz CT molecular complexity index is 770. The molecule has 1 aromatic heterocycles. The number of carbonyl (C=O) groups is 1. The second kappa shape index (κ2) is 7.20. The highest BCUT2D eigenvalue weighted by Gasteiger charge is 2.22. The number of H-pyrrole nitrogens is 1. The number of ether oxygens (including phenoxy) is 1. The van der Waals surface area contributed by atoms with Crippen molar-refractivity contribution in [3.8, 4) is 0 Å². The topological polar surface area (TPSA) is 126 Å². The molecule has 0 saturated carbocycles. The molecular formula is C13H17N5O4S. The number of nitrogens with zero attached hydrogens (tertiary/aromatic N) is 2. The number of amides is 1. The molecule has 0 spiro atoms. The van der Waals surface area contributed by atoms with Crippen molar-refractivity contribution in [3.05, 3.63) is 35.5 Å². The van der Waals surface area contributed by atoms with Crippen LogP contribution in [0.15, 0.2) is 29.2 Å². The van der Waals surface area contributed by atoms with Gasteiger partial charge in [0.25, 0.3) is 15.9 Å². The maximum absolute atomic E-state index is 12.3. The van der Waals surface area contributed by atoms with Crippen molar-refractivity contribution in [2.45, 2.75) is 11.8 Å². The summed E-state index contributed by atoms with van der Waals surface area (Å²) in [4.78, 5) is 12.0. The quantitative estimate of drug-likeness (QED) is 0.622. The molecule has 1 heterocycles. The van der Waals surface area contributed by atoms with Gasteiger partial charge >= 0.3 is 0 Å². The second-order valence-corrected chi connectivity index (χ2v) is 6.37. The van der Waals surface area contributed by atoms with Gasteiger partial charge in [0.15, 0.2) is 11.5 Å². The smallest absolute Gasteiger partial charge is 0.275 e. The number of nitrogens with one attached hydrogen (secondary N) is 3. The molecule has 0 atom stereocenters. The molecule has 0 bridgehead atoms. The van der Waals surface area contributed by atoms with E-state index in [-0.39, 0.29) is 23.0 Å². The first kappa shape index (κ1) is 16.9. The number of anilines is 1. The fourth-order valence-electron chi connectivity index (χ4n) is 1.71. The molecule has 2 aromatic rings. The number of aryl methyl sites for hydroxylation is 1. The fraction of sp³-hybridized carbons (Fsp3) is 0.308. The van der Waals surface area contributed by atoms with Gasteiger partial charge in [-0.25, -0.2) is 8.42 Å². The van der Waals surface area contributed by atoms with Crippen LogP contribution in [0.2, 0.25) is 0 Å². The molecule has 0 aliphatic rings. The molecule has 9 nitrogen and oxygen atoms in total. The summed E-state index contributed by atoms with van der Waals surface area (Å²) in [6.07, 6.45) is 0. The number of carbonyl (C=O) groups excluding carboxylic acids is 1. The second-order valence-electron chi connectivity index (χ2n) is 4.69. The van der Waals surface area contributed by atoms with Crippen LogP contribution >= 0.6 is 0 Å². The first-order valence-electron chi connectivity index (χ1n) is 6.71. The molecule has 2 rings (SSSR count). The van der Waals surface area contributed by atoms with E-state index in [0.717, 1.165) is 5.56 Å². The molecule has 23 heavy (non-hydrogen) atoms. The molecule has 0 radical (unpaired) electrons. The van der Waals surface area contributed by atoms with Gasteiger partial charge in [-0.15, -0.1) is 10.2 Å². The van der Waals surface area contributed by atoms with Gasteiger partial charge in [-0.1, -0.05) is 17.7 Å². The number of hydrogen-bond donors (Lipinski definition) is 3. The molecule has 0 saturated heterocycles. The van der Waals surface area contributed by atoms with E-state index >= 15 is 0 Å². The van der Waals surface area contributed by atoms with Gasteiger partial charge in [0.2, 0.25) is 0 Å². The minimum Gasteiger partial charge on any atom is -0.383 e. The summed E-state index contributed by atoms with van der Waals surface area (Å²) in [5.74, 6) is -0.724. The van der Waals surface area contributed by atoms with Gasteiger partial charge in [-0.05, 0) is 19.1 Å². The summed E-state index contributed by atoms with van der Waals surface area (Å²) in [7, 11) is -2.36. The van der Waals surface area contributed by atoms with Gasteiger partial charge in [0.05, 0.1) is 11.5 Å². The van der Waals surface area contributed by atoms with Gasteiger partial charge in [-0.3, -0.25) is 9.52 Å². The van der Waals surface area contributed by atoms with Crippen molar-refractivity contribution in [1.82, 2.24) is 20.7 Å². The third-order valence-corrected chi connectivity index (χ3v) is 4.27. The summed E-state index contributed by atoms with van der Waals surface area (Å²) in [5.41, 5.74) is 0.792. The fourth-order valence-corrected chi connectivity index (χ4v) is 2.72. The van der Waals surface area contributed by atoms with Gasteiger partial charge in [0.1, 0.15) is 0 Å². The average molecular weight is 339 g/mol. The van der Waals surface area contributed by atoms with Crippen molar-refractivity contribution in [3.63, 3.8) is 0 Å². The number of hydrogen-bond acceptors (Lipinski definition) is 6. The maximum Gasteiger partial charge on any atom is 0.275 e. The van der Waals surface area contributed by atoms with Crippen molar-refractivity contribution in [2.24, 2.45) is 0 Å². The lowest BCUT2D eigenvalue weighted by molar-refractivity contribution is 0.0933. The lowest BCUT2D eigenvalue weighted by Crippen LogP contribution is -2.28. The molecular weight excluding hydrogens is 322 g/mol. The third kappa shape index (κ3) is 4.27. The van der Waals surface area contributed by atoms with Crippen LogP contribution in [-0.4, -0.2) is 50.0 Å². The highest BCUT2D eigenvalue weighted by atomic mass is 32.2. The first-order chi connectivity index (χ1) is 10.9. The number of methoxy groups -OCH3 is 1. The first-order valence-corrected chi connectivity index (χ1v) is 8.20. The zero-order valence-corrected chi connectivity index (χ0v) is 13.5. The third-order valence-electron chi connectivity index (χ3n) is 2.92. The number of aromatic nitrogens is 3. The number of aromatic amines is 1. The molecule has 0 unspecified atom stereocenters. The van der Waals surface area contributed by atoms with Crippen LogP contribution in [0.25, 0.3) is 0 Å². The summed E-state index contributed by atoms with van der Waals surface area (Å²) in [6.45, 7) is 2.45. The predicted octanol–water partition coefficient (Wildman–Crippen LogP) is 0.290. The Hall–Kier alpha value is -2.46. The Balaban J connectivity index is 2.16. The highest BCUT2D eigenvalue weighted by molar-refractivity contribution is 7.92. The Morgan fingerprint density at radius 3 is 2.61 bits per heavy atom. The summed E-state index contributed by atoms with van der Waals surface area (Å²) in [5, 5.41) is 12.1. The number of benzene rings is 1. The minimum atomic E-state index is -3.86. The van der Waals surface area contributed by atoms with E-state index in [1.807, 2.05) is 6.92 Å². The molecule has 10 heteroatoms. The molecule has 0 aliphatic carbocycles. The largest absolute Gasteiger partial charge is 0.383 e. The molecule has 1 aromatic carbocycles. The molecule has 0 fully saturated rings. The Kier molecular flexibility index (Phi) is 5.29. The maximum atomic E-state index is 12.3. The monoisotopic (exact) mass is 339 g/mol. The van der Waals surface area contributed by atoms with Crippen molar-refractivity contribution in [1.29, 1.82) is 0 Å². The Labute approximate surface area is 133 Å². The molecule has 1 amide bonds. The van der Waals surface area contributed by atoms with E-state index in [1.165, 1.54) is 19.2 Å². The van der Waals surface area contributed by atoms with Crippen molar-refractivity contribution in [2.75, 3.05) is 25.0 Å². The SMILES string of the molecule is COCCNC(=O)c1n[nH]nc1NS(=O)(=O)c1ccc(C)cc1. The number of rotatable bonds is 7. The van der Waals surface area contributed by atoms with E-state index in [0.29, 0.717) is 6.61 Å². The van der Waals surface area contributed by atoms with E-state index in [4.69, 9.17) is 4.74 Å². The average Bonchev–Trinajstić information content (AvgIpc) is 2.95. The van der Waals surface area contributed by atoms with Crippen LogP contribution in [0.5, 0.6) is 0 Å². The van der Waals surface area contributed by atoms with E-state index < -0.39 is 15.9 Å². The standard InChI is InChI=1S/C13H17N5O4S/c1-9-3-5-10(6-4-9)23(20,21)17-12-11(15-18-16-12)13(19)14-7-8-22-2/h3-6H,7-8H2,1-2H3,(H,14,19)(H2,15,16,17,18). The lowest BCUT2D eigenvalue weighted by atomic mass is 10.2. The molecule has 124 valence electrons. The zero-order valence-electron chi connectivity index (χ0n) is 12.7. The minimum absolute atomic E-state index is 0.0665. The van der Waals surface area contributed by atoms with E-state index in [2.05, 4.69) is 25.4 Å². The summed E-state index contributed by atoms with van der Waals surface area (Å²) in [6, 6.07) is 6.29. The number of sulfonamides is 1. The normalized spacial score (nSPS) is 11.2. The van der Waals surface area contributed by atoms with Crippen LogP contribution in [0.1, 0.15) is 16.1 Å². The van der Waals surface area contributed by atoms with Gasteiger partial charge in [0, 0.05) is 13.7 Å². The summed E-state index contributed by atoms with van der Waals surface area (Å²) < 4.78 is 31.7. The predicted molar refractivity (Wildman–Crippen MR) is 82.6 cm³/mol. The van der Waals surface area contributed by atoms with E-state index in [1.54, 1.807) is 12.1 Å². The zero-order chi connectivity index (χ0) is 16.9. The molecule has 3 N–H and O–H groups in total. The lowest BCUT2D eigenvalue weighted by Gasteiger charge is -2.07. The van der Waals surface area contributed by atoms with Crippen molar-refractivity contribution >= 4 is 21.7 Å². The van der Waals surface area contributed by atoms with Crippen LogP contribution in [0, 0.1) is 6.92 Å². The van der Waals surface area contributed by atoms with Crippen LogP contribution < -0.4 is 10.0 Å². The van der Waals surface area contributed by atoms with Crippen molar-refractivity contribution < 1.29 is 17.9 Å². The van der Waals surface area contributed by atoms with Crippen LogP contribution in [0.4, 0.5) is 5.82 Å². The summed E-state index contributed by atoms with van der Waals surface area (Å²) >= 11 is 0. The Morgan fingerprint density at radius 1 is 1.26 bits per heavy atom. The van der Waals surface area contributed by atoms with Crippen LogP contribution in [-0.2, 0) is 14.8 Å². The van der Waals surface area contributed by atoms with Gasteiger partial charge in [-0.2, -0.15) is 5.21 Å².